The highest BCUT2D eigenvalue weighted by Crippen LogP contribution is 2.35. The highest BCUT2D eigenvalue weighted by Gasteiger charge is 2.18. The third kappa shape index (κ3) is 4.25. The van der Waals surface area contributed by atoms with Crippen molar-refractivity contribution < 1.29 is 9.84 Å². The monoisotopic (exact) mass is 502 g/mol. The standard InChI is InChI=1S/C26H23ClN6O3/c1-14-10-30-32-23(14)17-9-15(2)31-24-16(17)5-3-7-22(24)36-13-19-18(25(34)29-11-20(19)27)12-33-8-4-6-21(28)26(33)35/h3-11H,12-13,28H2,1-2H3,(H,29,34)(H,30,32). The van der Waals surface area contributed by atoms with Gasteiger partial charge in [-0.2, -0.15) is 5.10 Å². The molecular formula is C26H23ClN6O3. The molecule has 0 atom stereocenters. The van der Waals surface area contributed by atoms with E-state index in [0.29, 0.717) is 27.4 Å². The number of hydrogen-bond acceptors (Lipinski definition) is 7. The Morgan fingerprint density at radius 2 is 2.00 bits per heavy atom. The van der Waals surface area contributed by atoms with Gasteiger partial charge in [0.05, 0.1) is 29.1 Å². The average Bonchev–Trinajstić information content (AvgIpc) is 3.29. The van der Waals surface area contributed by atoms with Gasteiger partial charge < -0.3 is 20.1 Å². The molecule has 1 aromatic carbocycles. The summed E-state index contributed by atoms with van der Waals surface area (Å²) in [6.07, 6.45) is 4.72. The minimum absolute atomic E-state index is 0.0223. The number of ether oxygens (including phenoxy) is 1. The lowest BCUT2D eigenvalue weighted by Gasteiger charge is -2.16. The maximum absolute atomic E-state index is 12.4. The summed E-state index contributed by atoms with van der Waals surface area (Å²) in [6.45, 7) is 3.96. The molecule has 0 spiro atoms. The first kappa shape index (κ1) is 23.4. The lowest BCUT2D eigenvalue weighted by Crippen LogP contribution is -2.23. The van der Waals surface area contributed by atoms with E-state index in [1.54, 1.807) is 18.5 Å². The quantitative estimate of drug-likeness (QED) is 0.314. The molecule has 36 heavy (non-hydrogen) atoms. The molecule has 0 aliphatic carbocycles. The van der Waals surface area contributed by atoms with Gasteiger partial charge in [-0.1, -0.05) is 23.7 Å². The Morgan fingerprint density at radius 3 is 2.78 bits per heavy atom. The number of nitrogens with zero attached hydrogens (tertiary/aromatic N) is 4. The number of halogens is 1. The maximum Gasteiger partial charge on any atom is 0.273 e. The molecule has 4 aromatic heterocycles. The largest absolute Gasteiger partial charge is 0.493 e. The Hall–Kier alpha value is -4.37. The second-order valence-corrected chi connectivity index (χ2v) is 8.87. The number of hydrogen-bond donors (Lipinski definition) is 3. The van der Waals surface area contributed by atoms with Crippen LogP contribution in [0, 0.1) is 13.8 Å². The molecule has 0 unspecified atom stereocenters. The molecule has 0 bridgehead atoms. The third-order valence-electron chi connectivity index (χ3n) is 6.00. The summed E-state index contributed by atoms with van der Waals surface area (Å²) < 4.78 is 7.59. The van der Waals surface area contributed by atoms with E-state index in [-0.39, 0.29) is 30.3 Å². The second kappa shape index (κ2) is 9.35. The lowest BCUT2D eigenvalue weighted by molar-refractivity contribution is 0.306. The van der Waals surface area contributed by atoms with Crippen LogP contribution in [-0.2, 0) is 13.2 Å². The molecule has 0 aliphatic heterocycles. The number of aromatic hydroxyl groups is 1. The number of fused-ring (bicyclic) bond motifs is 1. The molecule has 0 saturated heterocycles. The summed E-state index contributed by atoms with van der Waals surface area (Å²) in [5.41, 5.74) is 10.8. The number of aryl methyl sites for hydroxylation is 2. The average molecular weight is 503 g/mol. The van der Waals surface area contributed by atoms with Gasteiger partial charge in [0.25, 0.3) is 5.56 Å². The molecule has 0 radical (unpaired) electrons. The number of H-pyrrole nitrogens is 1. The highest BCUT2D eigenvalue weighted by atomic mass is 35.5. The van der Waals surface area contributed by atoms with Gasteiger partial charge in [-0.3, -0.25) is 9.89 Å². The number of benzene rings is 1. The van der Waals surface area contributed by atoms with Crippen LogP contribution in [0.15, 0.2) is 59.8 Å². The fraction of sp³-hybridized carbons (Fsp3) is 0.154. The first-order chi connectivity index (χ1) is 17.3. The Kier molecular flexibility index (Phi) is 6.07. The zero-order valence-electron chi connectivity index (χ0n) is 19.6. The molecule has 10 heteroatoms. The molecule has 9 nitrogen and oxygen atoms in total. The molecular weight excluding hydrogens is 480 g/mol. The molecule has 4 N–H and O–H groups in total. The molecule has 0 amide bonds. The first-order valence-corrected chi connectivity index (χ1v) is 11.5. The summed E-state index contributed by atoms with van der Waals surface area (Å²) in [4.78, 5) is 21.1. The molecule has 4 heterocycles. The van der Waals surface area contributed by atoms with Crippen molar-refractivity contribution in [1.82, 2.24) is 24.7 Å². The fourth-order valence-corrected chi connectivity index (χ4v) is 4.39. The molecule has 0 aliphatic rings. The predicted octanol–water partition coefficient (Wildman–Crippen LogP) is 4.37. The highest BCUT2D eigenvalue weighted by molar-refractivity contribution is 6.31. The van der Waals surface area contributed by atoms with Crippen LogP contribution in [0.4, 0.5) is 5.69 Å². The Morgan fingerprint density at radius 1 is 1.17 bits per heavy atom. The predicted molar refractivity (Wildman–Crippen MR) is 138 cm³/mol. The minimum atomic E-state index is -0.376. The minimum Gasteiger partial charge on any atom is -0.493 e. The normalized spacial score (nSPS) is 11.2. The van der Waals surface area contributed by atoms with Gasteiger partial charge in [-0.15, -0.1) is 0 Å². The number of anilines is 1. The van der Waals surface area contributed by atoms with E-state index in [1.807, 2.05) is 38.1 Å². The van der Waals surface area contributed by atoms with E-state index in [1.165, 1.54) is 16.8 Å². The van der Waals surface area contributed by atoms with Crippen LogP contribution < -0.4 is 16.0 Å². The molecule has 5 aromatic rings. The van der Waals surface area contributed by atoms with Crippen molar-refractivity contribution >= 4 is 28.2 Å². The van der Waals surface area contributed by atoms with Gasteiger partial charge in [-0.25, -0.2) is 9.97 Å². The fourth-order valence-electron chi connectivity index (χ4n) is 4.17. The van der Waals surface area contributed by atoms with E-state index in [9.17, 15) is 9.90 Å². The van der Waals surface area contributed by atoms with Crippen LogP contribution >= 0.6 is 11.6 Å². The Labute approximate surface area is 211 Å². The van der Waals surface area contributed by atoms with Crippen molar-refractivity contribution in [2.24, 2.45) is 0 Å². The SMILES string of the molecule is Cc1cc(-c2[nH]ncc2C)c2cccc(OCc3c(Cl)cnc(O)c3Cn3cccc(N)c3=O)c2n1. The van der Waals surface area contributed by atoms with E-state index < -0.39 is 0 Å². The van der Waals surface area contributed by atoms with Crippen molar-refractivity contribution in [3.8, 4) is 22.9 Å². The summed E-state index contributed by atoms with van der Waals surface area (Å²) in [6, 6.07) is 10.9. The van der Waals surface area contributed by atoms with Crippen LogP contribution in [0.1, 0.15) is 22.4 Å². The van der Waals surface area contributed by atoms with Crippen LogP contribution in [0.3, 0.4) is 0 Å². The molecule has 182 valence electrons. The molecule has 0 fully saturated rings. The van der Waals surface area contributed by atoms with Crippen molar-refractivity contribution in [1.29, 1.82) is 0 Å². The second-order valence-electron chi connectivity index (χ2n) is 8.46. The van der Waals surface area contributed by atoms with Gasteiger partial charge in [-0.05, 0) is 43.7 Å². The van der Waals surface area contributed by atoms with E-state index in [2.05, 4.69) is 15.2 Å². The van der Waals surface area contributed by atoms with Gasteiger partial charge >= 0.3 is 0 Å². The van der Waals surface area contributed by atoms with Gasteiger partial charge in [0.1, 0.15) is 17.9 Å². The van der Waals surface area contributed by atoms with E-state index >= 15 is 0 Å². The van der Waals surface area contributed by atoms with Crippen LogP contribution in [0.2, 0.25) is 5.02 Å². The number of aromatic amines is 1. The maximum atomic E-state index is 12.4. The number of aromatic nitrogens is 5. The number of para-hydroxylation sites is 1. The van der Waals surface area contributed by atoms with Crippen molar-refractivity contribution in [3.63, 3.8) is 0 Å². The zero-order valence-corrected chi connectivity index (χ0v) is 20.4. The number of rotatable bonds is 6. The smallest absolute Gasteiger partial charge is 0.273 e. The number of nitrogen functional groups attached to an aromatic ring is 1. The van der Waals surface area contributed by atoms with Crippen molar-refractivity contribution in [2.45, 2.75) is 27.0 Å². The number of pyridine rings is 3. The number of nitrogens with one attached hydrogen (secondary N) is 1. The Balaban J connectivity index is 1.54. The Bertz CT molecular complexity index is 1660. The van der Waals surface area contributed by atoms with E-state index in [4.69, 9.17) is 27.1 Å². The molecule has 5 rings (SSSR count). The summed E-state index contributed by atoms with van der Waals surface area (Å²) >= 11 is 6.47. The van der Waals surface area contributed by atoms with Crippen molar-refractivity contribution in [3.05, 3.63) is 92.7 Å². The zero-order chi connectivity index (χ0) is 25.4. The summed E-state index contributed by atoms with van der Waals surface area (Å²) in [5, 5.41) is 18.9. The van der Waals surface area contributed by atoms with Crippen LogP contribution in [0.5, 0.6) is 11.6 Å². The van der Waals surface area contributed by atoms with E-state index in [0.717, 1.165) is 27.9 Å². The summed E-state index contributed by atoms with van der Waals surface area (Å²) in [7, 11) is 0. The van der Waals surface area contributed by atoms with Gasteiger partial charge in [0, 0.05) is 40.2 Å². The van der Waals surface area contributed by atoms with Gasteiger partial charge in [0.2, 0.25) is 5.88 Å². The van der Waals surface area contributed by atoms with Crippen LogP contribution in [0.25, 0.3) is 22.2 Å². The third-order valence-corrected chi connectivity index (χ3v) is 6.33. The topological polar surface area (TPSA) is 132 Å². The summed E-state index contributed by atoms with van der Waals surface area (Å²) in [5.74, 6) is 0.310. The van der Waals surface area contributed by atoms with Crippen molar-refractivity contribution in [2.75, 3.05) is 5.73 Å². The van der Waals surface area contributed by atoms with Gasteiger partial charge in [0.15, 0.2) is 0 Å². The first-order valence-electron chi connectivity index (χ1n) is 11.2. The molecule has 0 saturated carbocycles. The lowest BCUT2D eigenvalue weighted by atomic mass is 10.0. The number of nitrogens with two attached hydrogens (primary N) is 1. The van der Waals surface area contributed by atoms with Crippen LogP contribution in [-0.4, -0.2) is 29.8 Å².